The summed E-state index contributed by atoms with van der Waals surface area (Å²) in [6, 6.07) is 0. The molecule has 0 spiro atoms. The van der Waals surface area contributed by atoms with Crippen LogP contribution in [0.1, 0.15) is 157 Å². The van der Waals surface area contributed by atoms with Gasteiger partial charge in [0.15, 0.2) is 0 Å². The Bertz CT molecular complexity index is 563. The standard InChI is InChI=1S/3C10H23O2P.Fe/c3*1-3-5-6-7-8-9-10-13(11,12)4-2;/h3*3-10H2,1-2H3,(H,11,12);/q;;;+3/p-3. The van der Waals surface area contributed by atoms with Crippen LogP contribution in [0.5, 0.6) is 0 Å². The van der Waals surface area contributed by atoms with Crippen LogP contribution in [0.3, 0.4) is 0 Å². The summed E-state index contributed by atoms with van der Waals surface area (Å²) in [4.78, 5) is 33.3. The molecule has 0 aromatic rings. The van der Waals surface area contributed by atoms with Crippen LogP contribution in [0.4, 0.5) is 0 Å². The molecule has 1 radical (unpaired) electrons. The molecule has 0 fully saturated rings. The molecule has 0 N–H and O–H groups in total. The van der Waals surface area contributed by atoms with Crippen molar-refractivity contribution in [3.8, 4) is 0 Å². The molecule has 245 valence electrons. The fourth-order valence-corrected chi connectivity index (χ4v) is 6.94. The zero-order chi connectivity index (χ0) is 30.5. The average Bonchev–Trinajstić information content (AvgIpc) is 2.91. The second-order valence-corrected chi connectivity index (χ2v) is 19.0. The van der Waals surface area contributed by atoms with Crippen LogP contribution < -0.4 is 14.7 Å². The maximum Gasteiger partial charge on any atom is 3.00 e. The molecular weight excluding hydrogens is 605 g/mol. The molecule has 0 amide bonds. The third kappa shape index (κ3) is 41.2. The maximum atomic E-state index is 11.1. The van der Waals surface area contributed by atoms with E-state index in [-0.39, 0.29) is 17.1 Å². The summed E-state index contributed by atoms with van der Waals surface area (Å²) in [6.45, 7) is 11.7. The van der Waals surface area contributed by atoms with E-state index in [9.17, 15) is 28.4 Å². The maximum absolute atomic E-state index is 11.1. The van der Waals surface area contributed by atoms with Gasteiger partial charge in [-0.25, -0.2) is 0 Å². The molecule has 0 saturated carbocycles. The summed E-state index contributed by atoms with van der Waals surface area (Å²) in [5.74, 6) is 0. The predicted octanol–water partition coefficient (Wildman–Crippen LogP) is 9.01. The van der Waals surface area contributed by atoms with E-state index in [0.29, 0.717) is 37.0 Å². The molecule has 0 saturated heterocycles. The average molecular weight is 672 g/mol. The third-order valence-electron chi connectivity index (χ3n) is 7.00. The molecule has 0 aliphatic heterocycles. The largest absolute Gasteiger partial charge is 3.00 e. The van der Waals surface area contributed by atoms with Crippen LogP contribution in [0.25, 0.3) is 0 Å². The Hall–Kier alpha value is 1.09. The van der Waals surface area contributed by atoms with Crippen molar-refractivity contribution in [2.75, 3.05) is 37.0 Å². The normalized spacial score (nSPS) is 15.2. The molecule has 0 aliphatic carbocycles. The number of unbranched alkanes of at least 4 members (excludes halogenated alkanes) is 15. The quantitative estimate of drug-likeness (QED) is 0.0574. The van der Waals surface area contributed by atoms with E-state index in [1.54, 1.807) is 20.8 Å². The van der Waals surface area contributed by atoms with Crippen molar-refractivity contribution in [1.82, 2.24) is 0 Å². The summed E-state index contributed by atoms with van der Waals surface area (Å²) in [5.41, 5.74) is 0. The Morgan fingerprint density at radius 3 is 0.700 bits per heavy atom. The van der Waals surface area contributed by atoms with Gasteiger partial charge in [-0.15, -0.1) is 0 Å². The Kier molecular flexibility index (Phi) is 39.6. The first-order valence-corrected chi connectivity index (χ1v) is 22.2. The fourth-order valence-electron chi connectivity index (χ4n) is 3.87. The molecule has 0 rings (SSSR count). The molecule has 0 aliphatic rings. The second kappa shape index (κ2) is 33.0. The zero-order valence-corrected chi connectivity index (χ0v) is 30.9. The minimum Gasteiger partial charge on any atom is -0.799 e. The van der Waals surface area contributed by atoms with Crippen LogP contribution in [-0.4, -0.2) is 37.0 Å². The Morgan fingerprint density at radius 1 is 0.350 bits per heavy atom. The Labute approximate surface area is 260 Å². The monoisotopic (exact) mass is 671 g/mol. The summed E-state index contributed by atoms with van der Waals surface area (Å²) in [6.07, 6.45) is 22.9. The van der Waals surface area contributed by atoms with E-state index in [1.807, 2.05) is 0 Å². The summed E-state index contributed by atoms with van der Waals surface area (Å²) in [7, 11) is -8.94. The minimum absolute atomic E-state index is 0. The Balaban J connectivity index is -0.000000240. The van der Waals surface area contributed by atoms with Crippen molar-refractivity contribution in [3.63, 3.8) is 0 Å². The molecule has 0 bridgehead atoms. The first-order valence-electron chi connectivity index (χ1n) is 16.2. The van der Waals surface area contributed by atoms with Crippen molar-refractivity contribution in [2.24, 2.45) is 0 Å². The van der Waals surface area contributed by atoms with Gasteiger partial charge in [-0.05, 0) is 56.2 Å². The third-order valence-corrected chi connectivity index (χ3v) is 12.9. The van der Waals surface area contributed by atoms with Crippen molar-refractivity contribution in [3.05, 3.63) is 0 Å². The van der Waals surface area contributed by atoms with Crippen molar-refractivity contribution in [2.45, 2.75) is 157 Å². The van der Waals surface area contributed by atoms with Crippen molar-refractivity contribution in [1.29, 1.82) is 0 Å². The molecule has 3 unspecified atom stereocenters. The smallest absolute Gasteiger partial charge is 0.799 e. The van der Waals surface area contributed by atoms with Crippen molar-refractivity contribution >= 4 is 22.1 Å². The van der Waals surface area contributed by atoms with Gasteiger partial charge in [0, 0.05) is 22.1 Å². The molecule has 3 atom stereocenters. The van der Waals surface area contributed by atoms with Gasteiger partial charge in [0.1, 0.15) is 0 Å². The zero-order valence-electron chi connectivity index (χ0n) is 27.1. The van der Waals surface area contributed by atoms with E-state index in [2.05, 4.69) is 20.8 Å². The van der Waals surface area contributed by atoms with Gasteiger partial charge in [0.25, 0.3) is 0 Å². The van der Waals surface area contributed by atoms with Gasteiger partial charge < -0.3 is 28.4 Å². The van der Waals surface area contributed by atoms with Gasteiger partial charge in [-0.2, -0.15) is 0 Å². The van der Waals surface area contributed by atoms with Crippen LogP contribution in [0.15, 0.2) is 0 Å². The van der Waals surface area contributed by atoms with Crippen LogP contribution >= 0.6 is 22.1 Å². The van der Waals surface area contributed by atoms with Gasteiger partial charge in [-0.3, -0.25) is 0 Å². The second-order valence-electron chi connectivity index (χ2n) is 10.9. The summed E-state index contributed by atoms with van der Waals surface area (Å²) in [5, 5.41) is 0. The number of hydrogen-bond donors (Lipinski definition) is 0. The van der Waals surface area contributed by atoms with Gasteiger partial charge >= 0.3 is 17.1 Å². The molecule has 0 aromatic heterocycles. The van der Waals surface area contributed by atoms with E-state index in [0.717, 1.165) is 38.5 Å². The van der Waals surface area contributed by atoms with Crippen LogP contribution in [-0.2, 0) is 30.8 Å². The molecule has 10 heteroatoms. The summed E-state index contributed by atoms with van der Waals surface area (Å²) < 4.78 is 33.3. The number of rotatable bonds is 24. The van der Waals surface area contributed by atoms with E-state index < -0.39 is 22.1 Å². The fraction of sp³-hybridized carbons (Fsp3) is 1.00. The van der Waals surface area contributed by atoms with E-state index in [1.165, 1.54) is 77.0 Å². The van der Waals surface area contributed by atoms with Gasteiger partial charge in [-0.1, -0.05) is 138 Å². The molecule has 0 heterocycles. The van der Waals surface area contributed by atoms with Crippen LogP contribution in [0, 0.1) is 0 Å². The number of hydrogen-bond acceptors (Lipinski definition) is 6. The van der Waals surface area contributed by atoms with E-state index >= 15 is 0 Å². The molecule has 40 heavy (non-hydrogen) atoms. The summed E-state index contributed by atoms with van der Waals surface area (Å²) >= 11 is 0. The SMILES string of the molecule is CCCCCCCCP(=O)([O-])CC.CCCCCCCCP(=O)([O-])CC.CCCCCCCCP(=O)([O-])CC.[Fe+3]. The Morgan fingerprint density at radius 2 is 0.525 bits per heavy atom. The van der Waals surface area contributed by atoms with Crippen molar-refractivity contribution < 1.29 is 45.4 Å². The minimum atomic E-state index is -2.98. The van der Waals surface area contributed by atoms with E-state index in [4.69, 9.17) is 0 Å². The topological polar surface area (TPSA) is 120 Å². The van der Waals surface area contributed by atoms with Crippen LogP contribution in [0.2, 0.25) is 0 Å². The first kappa shape index (κ1) is 48.0. The van der Waals surface area contributed by atoms with Gasteiger partial charge in [0.2, 0.25) is 0 Å². The molecule has 6 nitrogen and oxygen atoms in total. The van der Waals surface area contributed by atoms with Gasteiger partial charge in [0.05, 0.1) is 0 Å². The first-order chi connectivity index (χ1) is 18.4. The molecular formula is C30H66FeO6P3. The predicted molar refractivity (Wildman–Crippen MR) is 169 cm³/mol. The molecule has 0 aromatic carbocycles.